The van der Waals surface area contributed by atoms with Crippen molar-refractivity contribution in [3.05, 3.63) is 95.3 Å². The Morgan fingerprint density at radius 2 is 1.91 bits per heavy atom. The number of hydrogen-bond donors (Lipinski definition) is 1. The molecule has 4 aromatic rings. The number of nitrogens with zero attached hydrogens (tertiary/aromatic N) is 2. The van der Waals surface area contributed by atoms with E-state index in [9.17, 15) is 13.2 Å². The summed E-state index contributed by atoms with van der Waals surface area (Å²) in [5, 5.41) is 0. The summed E-state index contributed by atoms with van der Waals surface area (Å²) in [6, 6.07) is 18.4. The van der Waals surface area contributed by atoms with E-state index in [1.54, 1.807) is 36.4 Å². The van der Waals surface area contributed by atoms with Gasteiger partial charge in [-0.2, -0.15) is 4.99 Å². The number of aromatic nitrogens is 1. The number of rotatable bonds is 7. The average Bonchev–Trinajstić information content (AvgIpc) is 3.15. The van der Waals surface area contributed by atoms with E-state index in [1.807, 2.05) is 23.6 Å². The van der Waals surface area contributed by atoms with E-state index in [1.165, 1.54) is 36.6 Å². The second-order valence-electron chi connectivity index (χ2n) is 7.53. The maximum absolute atomic E-state index is 13.0. The second-order valence-corrected chi connectivity index (χ2v) is 10.2. The molecular weight excluding hydrogens is 470 g/mol. The molecule has 0 saturated heterocycles. The standard InChI is InChI=1S/C25H23N3O4S2/c1-4-14-28-22-13-8-17(2)15-23(22)33-25(28)26-24(29)18-6-5-7-19(16-18)27-34(30,31)21-11-9-20(32-3)10-12-21/h4-13,15-16,27H,1,14H2,2-3H3. The van der Waals surface area contributed by atoms with Crippen molar-refractivity contribution in [3.8, 4) is 5.75 Å². The molecule has 7 nitrogen and oxygen atoms in total. The van der Waals surface area contributed by atoms with E-state index in [0.717, 1.165) is 15.8 Å². The van der Waals surface area contributed by atoms with Crippen molar-refractivity contribution < 1.29 is 17.9 Å². The predicted octanol–water partition coefficient (Wildman–Crippen LogP) is 4.75. The summed E-state index contributed by atoms with van der Waals surface area (Å²) < 4.78 is 36.0. The number of allylic oxidation sites excluding steroid dienone is 1. The van der Waals surface area contributed by atoms with Crippen molar-refractivity contribution in [3.63, 3.8) is 0 Å². The Balaban J connectivity index is 1.65. The van der Waals surface area contributed by atoms with Crippen LogP contribution in [-0.4, -0.2) is 26.0 Å². The molecule has 0 saturated carbocycles. The van der Waals surface area contributed by atoms with Crippen molar-refractivity contribution >= 4 is 43.2 Å². The molecule has 1 heterocycles. The number of nitrogens with one attached hydrogen (secondary N) is 1. The van der Waals surface area contributed by atoms with Crippen LogP contribution < -0.4 is 14.3 Å². The summed E-state index contributed by atoms with van der Waals surface area (Å²) in [4.78, 5) is 18.0. The van der Waals surface area contributed by atoms with Crippen molar-refractivity contribution in [2.45, 2.75) is 18.4 Å². The number of amides is 1. The maximum atomic E-state index is 13.0. The van der Waals surface area contributed by atoms with Crippen LogP contribution in [0.1, 0.15) is 15.9 Å². The van der Waals surface area contributed by atoms with Crippen molar-refractivity contribution in [1.82, 2.24) is 4.57 Å². The van der Waals surface area contributed by atoms with Gasteiger partial charge in [-0.25, -0.2) is 8.42 Å². The van der Waals surface area contributed by atoms with Crippen molar-refractivity contribution in [1.29, 1.82) is 0 Å². The van der Waals surface area contributed by atoms with Gasteiger partial charge in [-0.15, -0.1) is 6.58 Å². The molecule has 0 aliphatic heterocycles. The zero-order valence-corrected chi connectivity index (χ0v) is 20.3. The zero-order valence-electron chi connectivity index (χ0n) is 18.7. The number of carbonyl (C=O) groups excluding carboxylic acids is 1. The highest BCUT2D eigenvalue weighted by atomic mass is 32.2. The van der Waals surface area contributed by atoms with Gasteiger partial charge in [-0.05, 0) is 67.1 Å². The number of hydrogen-bond acceptors (Lipinski definition) is 5. The fourth-order valence-corrected chi connectivity index (χ4v) is 5.59. The van der Waals surface area contributed by atoms with Crippen LogP contribution in [0.25, 0.3) is 10.2 Å². The van der Waals surface area contributed by atoms with Crippen LogP contribution in [0.4, 0.5) is 5.69 Å². The van der Waals surface area contributed by atoms with Gasteiger partial charge in [0.25, 0.3) is 15.9 Å². The molecule has 0 unspecified atom stereocenters. The smallest absolute Gasteiger partial charge is 0.279 e. The van der Waals surface area contributed by atoms with Gasteiger partial charge in [0, 0.05) is 17.8 Å². The van der Waals surface area contributed by atoms with Gasteiger partial charge >= 0.3 is 0 Å². The number of anilines is 1. The van der Waals surface area contributed by atoms with Crippen LogP contribution in [-0.2, 0) is 16.6 Å². The lowest BCUT2D eigenvalue weighted by molar-refractivity contribution is 0.0998. The van der Waals surface area contributed by atoms with Crippen LogP contribution in [0.2, 0.25) is 0 Å². The Kier molecular flexibility index (Phi) is 6.67. The normalized spacial score (nSPS) is 12.0. The highest BCUT2D eigenvalue weighted by molar-refractivity contribution is 7.92. The summed E-state index contributed by atoms with van der Waals surface area (Å²) in [5.41, 5.74) is 2.63. The van der Waals surface area contributed by atoms with Crippen molar-refractivity contribution in [2.75, 3.05) is 11.8 Å². The van der Waals surface area contributed by atoms with Crippen LogP contribution >= 0.6 is 11.3 Å². The van der Waals surface area contributed by atoms with Crippen LogP contribution in [0.5, 0.6) is 5.75 Å². The average molecular weight is 494 g/mol. The zero-order chi connectivity index (χ0) is 24.3. The van der Waals surface area contributed by atoms with Gasteiger partial charge < -0.3 is 9.30 Å². The predicted molar refractivity (Wildman–Crippen MR) is 135 cm³/mol. The minimum absolute atomic E-state index is 0.0840. The van der Waals surface area contributed by atoms with E-state index in [0.29, 0.717) is 17.1 Å². The van der Waals surface area contributed by atoms with Gasteiger partial charge in [0.2, 0.25) is 0 Å². The molecule has 174 valence electrons. The molecule has 1 aromatic heterocycles. The molecule has 0 bridgehead atoms. The lowest BCUT2D eigenvalue weighted by Gasteiger charge is -2.09. The summed E-state index contributed by atoms with van der Waals surface area (Å²) in [6.07, 6.45) is 1.75. The van der Waals surface area contributed by atoms with E-state index in [-0.39, 0.29) is 16.1 Å². The first kappa shape index (κ1) is 23.5. The Hall–Kier alpha value is -3.69. The van der Waals surface area contributed by atoms with Gasteiger partial charge in [0.1, 0.15) is 5.75 Å². The topological polar surface area (TPSA) is 89.8 Å². The van der Waals surface area contributed by atoms with Gasteiger partial charge in [-0.1, -0.05) is 29.5 Å². The lowest BCUT2D eigenvalue weighted by atomic mass is 10.2. The SMILES string of the molecule is C=CCn1c(=NC(=O)c2cccc(NS(=O)(=O)c3ccc(OC)cc3)c2)sc2cc(C)ccc21. The number of thiazole rings is 1. The first-order chi connectivity index (χ1) is 16.3. The molecule has 0 aliphatic rings. The van der Waals surface area contributed by atoms with Gasteiger partial charge in [-0.3, -0.25) is 9.52 Å². The maximum Gasteiger partial charge on any atom is 0.279 e. The Morgan fingerprint density at radius 1 is 1.15 bits per heavy atom. The number of ether oxygens (including phenoxy) is 1. The second kappa shape index (κ2) is 9.66. The third-order valence-corrected chi connectivity index (χ3v) is 7.52. The van der Waals surface area contributed by atoms with Crippen LogP contribution in [0, 0.1) is 6.92 Å². The van der Waals surface area contributed by atoms with Gasteiger partial charge in [0.05, 0.1) is 22.2 Å². The number of fused-ring (bicyclic) bond motifs is 1. The molecule has 0 spiro atoms. The Bertz CT molecular complexity index is 1550. The van der Waals surface area contributed by atoms with E-state index >= 15 is 0 Å². The number of carbonyl (C=O) groups is 1. The number of methoxy groups -OCH3 is 1. The molecule has 0 atom stereocenters. The third-order valence-electron chi connectivity index (χ3n) is 5.08. The fraction of sp³-hybridized carbons (Fsp3) is 0.120. The molecule has 9 heteroatoms. The first-order valence-corrected chi connectivity index (χ1v) is 12.7. The molecule has 3 aromatic carbocycles. The molecule has 34 heavy (non-hydrogen) atoms. The summed E-state index contributed by atoms with van der Waals surface area (Å²) >= 11 is 1.42. The fourth-order valence-electron chi connectivity index (χ4n) is 3.41. The van der Waals surface area contributed by atoms with Crippen LogP contribution in [0.3, 0.4) is 0 Å². The highest BCUT2D eigenvalue weighted by Gasteiger charge is 2.16. The largest absolute Gasteiger partial charge is 0.497 e. The summed E-state index contributed by atoms with van der Waals surface area (Å²) in [5.74, 6) is 0.0878. The van der Waals surface area contributed by atoms with Gasteiger partial charge in [0.15, 0.2) is 4.80 Å². The monoisotopic (exact) mass is 493 g/mol. The minimum atomic E-state index is -3.84. The molecule has 0 radical (unpaired) electrons. The third kappa shape index (κ3) is 4.95. The molecule has 1 amide bonds. The van der Waals surface area contributed by atoms with E-state index in [2.05, 4.69) is 22.4 Å². The Morgan fingerprint density at radius 3 is 2.62 bits per heavy atom. The number of benzene rings is 3. The Labute approximate surface area is 201 Å². The molecule has 0 aliphatic carbocycles. The first-order valence-electron chi connectivity index (χ1n) is 10.4. The van der Waals surface area contributed by atoms with Crippen molar-refractivity contribution in [2.24, 2.45) is 4.99 Å². The number of sulfonamides is 1. The van der Waals surface area contributed by atoms with E-state index < -0.39 is 15.9 Å². The lowest BCUT2D eigenvalue weighted by Crippen LogP contribution is -2.16. The van der Waals surface area contributed by atoms with Crippen LogP contribution in [0.15, 0.2) is 89.3 Å². The van der Waals surface area contributed by atoms with E-state index in [4.69, 9.17) is 4.74 Å². The molecular formula is C25H23N3O4S2. The molecule has 1 N–H and O–H groups in total. The molecule has 0 fully saturated rings. The summed E-state index contributed by atoms with van der Waals surface area (Å²) in [7, 11) is -2.33. The molecule has 4 rings (SSSR count). The number of aryl methyl sites for hydroxylation is 1. The quantitative estimate of drug-likeness (QED) is 0.376. The summed E-state index contributed by atoms with van der Waals surface area (Å²) in [6.45, 7) is 6.33. The minimum Gasteiger partial charge on any atom is -0.497 e. The highest BCUT2D eigenvalue weighted by Crippen LogP contribution is 2.21.